The molecule has 1 atom stereocenters. The SMILES string of the molecule is NS(=O)(=O)c1ccc(C2NC(=O)NC(c3ccccc3)=C2C(=O)c2ccccc2)cc1. The average Bonchev–Trinajstić information content (AvgIpc) is 2.79. The zero-order valence-corrected chi connectivity index (χ0v) is 17.1. The van der Waals surface area contributed by atoms with E-state index in [0.717, 1.165) is 0 Å². The first-order valence-corrected chi connectivity index (χ1v) is 11.0. The van der Waals surface area contributed by atoms with E-state index in [0.29, 0.717) is 28.0 Å². The van der Waals surface area contributed by atoms with Gasteiger partial charge in [0, 0.05) is 5.56 Å². The fourth-order valence-corrected chi connectivity index (χ4v) is 4.00. The molecule has 0 radical (unpaired) electrons. The Morgan fingerprint density at radius 1 is 0.839 bits per heavy atom. The summed E-state index contributed by atoms with van der Waals surface area (Å²) >= 11 is 0. The van der Waals surface area contributed by atoms with Crippen LogP contribution < -0.4 is 15.8 Å². The van der Waals surface area contributed by atoms with E-state index in [4.69, 9.17) is 5.14 Å². The van der Waals surface area contributed by atoms with E-state index in [1.54, 1.807) is 36.4 Å². The van der Waals surface area contributed by atoms with E-state index in [9.17, 15) is 18.0 Å². The van der Waals surface area contributed by atoms with Gasteiger partial charge < -0.3 is 10.6 Å². The Morgan fingerprint density at radius 3 is 2.00 bits per heavy atom. The van der Waals surface area contributed by atoms with Crippen LogP contribution in [0.1, 0.15) is 27.5 Å². The van der Waals surface area contributed by atoms with Crippen LogP contribution in [-0.2, 0) is 10.0 Å². The van der Waals surface area contributed by atoms with Crippen molar-refractivity contribution in [3.8, 4) is 0 Å². The number of hydrogen-bond acceptors (Lipinski definition) is 4. The molecule has 3 aromatic rings. The van der Waals surface area contributed by atoms with Crippen molar-refractivity contribution in [1.82, 2.24) is 10.6 Å². The van der Waals surface area contributed by atoms with Gasteiger partial charge in [0.15, 0.2) is 5.78 Å². The Balaban J connectivity index is 1.90. The standard InChI is InChI=1S/C23H19N3O4S/c24-31(29,30)18-13-11-16(12-14-18)21-19(22(27)17-9-5-2-6-10-17)20(25-23(28)26-21)15-7-3-1-4-8-15/h1-14,21H,(H2,24,29,30)(H2,25,26,28). The second-order valence-corrected chi connectivity index (χ2v) is 8.56. The van der Waals surface area contributed by atoms with Crippen molar-refractivity contribution in [3.05, 3.63) is 107 Å². The fraction of sp³-hybridized carbons (Fsp3) is 0.0435. The molecular formula is C23H19N3O4S. The van der Waals surface area contributed by atoms with E-state index >= 15 is 0 Å². The molecule has 0 saturated carbocycles. The predicted octanol–water partition coefficient (Wildman–Crippen LogP) is 2.98. The van der Waals surface area contributed by atoms with Crippen molar-refractivity contribution in [2.45, 2.75) is 10.9 Å². The van der Waals surface area contributed by atoms with Gasteiger partial charge in [0.1, 0.15) is 0 Å². The summed E-state index contributed by atoms with van der Waals surface area (Å²) in [6.07, 6.45) is 0. The summed E-state index contributed by atoms with van der Waals surface area (Å²) < 4.78 is 23.2. The van der Waals surface area contributed by atoms with Crippen molar-refractivity contribution in [2.24, 2.45) is 5.14 Å². The van der Waals surface area contributed by atoms with Crippen molar-refractivity contribution in [1.29, 1.82) is 0 Å². The molecule has 0 saturated heterocycles. The second-order valence-electron chi connectivity index (χ2n) is 7.00. The van der Waals surface area contributed by atoms with Gasteiger partial charge in [-0.3, -0.25) is 4.79 Å². The van der Waals surface area contributed by atoms with Crippen LogP contribution in [0.15, 0.2) is 95.4 Å². The highest BCUT2D eigenvalue weighted by atomic mass is 32.2. The predicted molar refractivity (Wildman–Crippen MR) is 116 cm³/mol. The molecule has 7 nitrogen and oxygen atoms in total. The minimum Gasteiger partial charge on any atom is -0.327 e. The van der Waals surface area contributed by atoms with Gasteiger partial charge in [-0.25, -0.2) is 18.4 Å². The number of hydrogen-bond donors (Lipinski definition) is 3. The largest absolute Gasteiger partial charge is 0.327 e. The number of sulfonamides is 1. The highest BCUT2D eigenvalue weighted by molar-refractivity contribution is 7.89. The highest BCUT2D eigenvalue weighted by Crippen LogP contribution is 2.33. The molecule has 0 bridgehead atoms. The number of nitrogens with two attached hydrogens (primary N) is 1. The zero-order chi connectivity index (χ0) is 22.0. The first-order valence-electron chi connectivity index (χ1n) is 9.44. The number of nitrogens with one attached hydrogen (secondary N) is 2. The Bertz CT molecular complexity index is 1270. The molecule has 156 valence electrons. The van der Waals surface area contributed by atoms with Crippen LogP contribution in [0.25, 0.3) is 5.70 Å². The van der Waals surface area contributed by atoms with Gasteiger partial charge in [-0.2, -0.15) is 0 Å². The molecule has 8 heteroatoms. The lowest BCUT2D eigenvalue weighted by atomic mass is 9.87. The summed E-state index contributed by atoms with van der Waals surface area (Å²) in [6.45, 7) is 0. The van der Waals surface area contributed by atoms with Crippen LogP contribution in [0, 0.1) is 0 Å². The topological polar surface area (TPSA) is 118 Å². The van der Waals surface area contributed by atoms with Gasteiger partial charge in [0.25, 0.3) is 0 Å². The van der Waals surface area contributed by atoms with Gasteiger partial charge >= 0.3 is 6.03 Å². The molecule has 0 aromatic heterocycles. The summed E-state index contributed by atoms with van der Waals surface area (Å²) in [6, 6.07) is 22.4. The van der Waals surface area contributed by atoms with Crippen LogP contribution in [0.3, 0.4) is 0 Å². The summed E-state index contributed by atoms with van der Waals surface area (Å²) in [5.41, 5.74) is 2.45. The van der Waals surface area contributed by atoms with Gasteiger partial charge in [-0.05, 0) is 23.3 Å². The van der Waals surface area contributed by atoms with E-state index in [1.165, 1.54) is 24.3 Å². The Labute approximate surface area is 179 Å². The van der Waals surface area contributed by atoms with Crippen LogP contribution in [0.5, 0.6) is 0 Å². The maximum Gasteiger partial charge on any atom is 0.320 e. The monoisotopic (exact) mass is 433 g/mol. The quantitative estimate of drug-likeness (QED) is 0.536. The zero-order valence-electron chi connectivity index (χ0n) is 16.3. The lowest BCUT2D eigenvalue weighted by molar-refractivity contribution is 0.102. The molecule has 3 aromatic carbocycles. The Morgan fingerprint density at radius 2 is 1.42 bits per heavy atom. The van der Waals surface area contributed by atoms with Gasteiger partial charge in [0.05, 0.1) is 22.2 Å². The first-order chi connectivity index (χ1) is 14.8. The number of carbonyl (C=O) groups is 2. The van der Waals surface area contributed by atoms with Crippen LogP contribution >= 0.6 is 0 Å². The molecule has 0 aliphatic carbocycles. The molecule has 2 amide bonds. The van der Waals surface area contributed by atoms with Gasteiger partial charge in [0.2, 0.25) is 10.0 Å². The highest BCUT2D eigenvalue weighted by Gasteiger charge is 2.33. The summed E-state index contributed by atoms with van der Waals surface area (Å²) in [4.78, 5) is 26.0. The molecule has 4 N–H and O–H groups in total. The smallest absolute Gasteiger partial charge is 0.320 e. The van der Waals surface area contributed by atoms with Crippen molar-refractivity contribution in [3.63, 3.8) is 0 Å². The molecule has 31 heavy (non-hydrogen) atoms. The minimum atomic E-state index is -3.87. The number of carbonyl (C=O) groups excluding carboxylic acids is 2. The van der Waals surface area contributed by atoms with Crippen LogP contribution in [-0.4, -0.2) is 20.2 Å². The third-order valence-corrected chi connectivity index (χ3v) is 5.89. The number of benzene rings is 3. The maximum atomic E-state index is 13.5. The molecule has 0 fully saturated rings. The minimum absolute atomic E-state index is 0.0558. The average molecular weight is 433 g/mol. The number of amides is 2. The normalized spacial score (nSPS) is 16.4. The van der Waals surface area contributed by atoms with Crippen LogP contribution in [0.4, 0.5) is 4.79 Å². The van der Waals surface area contributed by atoms with E-state index in [1.807, 2.05) is 24.3 Å². The number of Topliss-reactive ketones (excluding diaryl/α,β-unsaturated/α-hetero) is 1. The Kier molecular flexibility index (Phi) is 5.41. The van der Waals surface area contributed by atoms with Crippen LogP contribution in [0.2, 0.25) is 0 Å². The lowest BCUT2D eigenvalue weighted by Gasteiger charge is -2.30. The van der Waals surface area contributed by atoms with E-state index < -0.39 is 22.1 Å². The molecule has 4 rings (SSSR count). The van der Waals surface area contributed by atoms with Gasteiger partial charge in [-0.15, -0.1) is 0 Å². The van der Waals surface area contributed by atoms with E-state index in [2.05, 4.69) is 10.6 Å². The molecular weight excluding hydrogens is 414 g/mol. The number of rotatable bonds is 5. The Hall–Kier alpha value is -3.75. The van der Waals surface area contributed by atoms with Crippen molar-refractivity contribution in [2.75, 3.05) is 0 Å². The molecule has 1 aliphatic rings. The van der Waals surface area contributed by atoms with Crippen molar-refractivity contribution < 1.29 is 18.0 Å². The molecule has 1 aliphatic heterocycles. The third-order valence-electron chi connectivity index (χ3n) is 4.96. The fourth-order valence-electron chi connectivity index (χ4n) is 3.49. The number of ketones is 1. The number of urea groups is 1. The maximum absolute atomic E-state index is 13.5. The van der Waals surface area contributed by atoms with Crippen molar-refractivity contribution >= 4 is 27.5 Å². The lowest BCUT2D eigenvalue weighted by Crippen LogP contribution is -2.45. The summed E-state index contributed by atoms with van der Waals surface area (Å²) in [5.74, 6) is -0.257. The third kappa shape index (κ3) is 4.25. The van der Waals surface area contributed by atoms with Gasteiger partial charge in [-0.1, -0.05) is 72.8 Å². The summed E-state index contributed by atoms with van der Waals surface area (Å²) in [5, 5.41) is 10.7. The number of primary sulfonamides is 1. The first kappa shape index (κ1) is 20.5. The molecule has 0 spiro atoms. The molecule has 1 unspecified atom stereocenters. The van der Waals surface area contributed by atoms with E-state index in [-0.39, 0.29) is 10.7 Å². The second kappa shape index (κ2) is 8.17. The summed E-state index contributed by atoms with van der Waals surface area (Å²) in [7, 11) is -3.87. The molecule has 1 heterocycles.